The maximum absolute atomic E-state index is 12.0. The number of thioether (sulfide) groups is 1. The van der Waals surface area contributed by atoms with Gasteiger partial charge in [0.2, 0.25) is 0 Å². The summed E-state index contributed by atoms with van der Waals surface area (Å²) in [4.78, 5) is 24.5. The average Bonchev–Trinajstić information content (AvgIpc) is 2.95. The molecule has 2 amide bonds. The third kappa shape index (κ3) is 2.91. The van der Waals surface area contributed by atoms with Crippen molar-refractivity contribution in [1.29, 1.82) is 0 Å². The number of carbonyl (C=O) groups excluding carboxylic acids is 1. The Morgan fingerprint density at radius 3 is 2.89 bits per heavy atom. The first-order valence-electron chi connectivity index (χ1n) is 6.43. The lowest BCUT2D eigenvalue weighted by Crippen LogP contribution is -2.48. The van der Waals surface area contributed by atoms with E-state index >= 15 is 0 Å². The summed E-state index contributed by atoms with van der Waals surface area (Å²) in [6.45, 7) is 3.33. The third-order valence-electron chi connectivity index (χ3n) is 3.71. The van der Waals surface area contributed by atoms with E-state index < -0.39 is 12.0 Å². The molecule has 0 aromatic rings. The van der Waals surface area contributed by atoms with Crippen molar-refractivity contribution in [2.75, 3.05) is 18.8 Å². The predicted molar refractivity (Wildman–Crippen MR) is 70.9 cm³/mol. The number of hydrogen-bond acceptors (Lipinski definition) is 3. The van der Waals surface area contributed by atoms with Crippen LogP contribution in [0.2, 0.25) is 0 Å². The summed E-state index contributed by atoms with van der Waals surface area (Å²) in [6, 6.07) is -0.873. The highest BCUT2D eigenvalue weighted by molar-refractivity contribution is 8.00. The molecule has 2 atom stereocenters. The van der Waals surface area contributed by atoms with Crippen molar-refractivity contribution in [3.63, 3.8) is 0 Å². The molecule has 0 aliphatic carbocycles. The molecule has 0 aromatic heterocycles. The van der Waals surface area contributed by atoms with Gasteiger partial charge in [-0.2, -0.15) is 11.8 Å². The van der Waals surface area contributed by atoms with Gasteiger partial charge in [0.05, 0.1) is 0 Å². The SMILES string of the molecule is CC1(CNC(=O)N2CCC[C@@H]2C(=O)O)CCCS1. The van der Waals surface area contributed by atoms with Gasteiger partial charge in [-0.3, -0.25) is 0 Å². The van der Waals surface area contributed by atoms with E-state index in [0.717, 1.165) is 18.6 Å². The number of carboxylic acid groups (broad SMARTS) is 1. The van der Waals surface area contributed by atoms with Crippen molar-refractivity contribution >= 4 is 23.8 Å². The van der Waals surface area contributed by atoms with Crippen molar-refractivity contribution in [1.82, 2.24) is 10.2 Å². The number of hydrogen-bond donors (Lipinski definition) is 2. The van der Waals surface area contributed by atoms with Crippen LogP contribution in [-0.2, 0) is 4.79 Å². The second-order valence-electron chi connectivity index (χ2n) is 5.25. The fraction of sp³-hybridized carbons (Fsp3) is 0.833. The van der Waals surface area contributed by atoms with E-state index in [4.69, 9.17) is 5.11 Å². The number of carboxylic acids is 1. The van der Waals surface area contributed by atoms with Gasteiger partial charge in [-0.1, -0.05) is 0 Å². The minimum atomic E-state index is -0.899. The van der Waals surface area contributed by atoms with Crippen LogP contribution in [0.4, 0.5) is 4.79 Å². The zero-order valence-corrected chi connectivity index (χ0v) is 11.5. The van der Waals surface area contributed by atoms with Gasteiger partial charge >= 0.3 is 12.0 Å². The number of nitrogens with zero attached hydrogens (tertiary/aromatic N) is 1. The Balaban J connectivity index is 1.86. The minimum Gasteiger partial charge on any atom is -0.480 e. The lowest BCUT2D eigenvalue weighted by atomic mass is 10.1. The lowest BCUT2D eigenvalue weighted by Gasteiger charge is -2.27. The number of nitrogens with one attached hydrogen (secondary N) is 1. The molecular formula is C12H20N2O3S. The standard InChI is InChI=1S/C12H20N2O3S/c1-12(5-3-7-18-12)8-13-11(17)14-6-2-4-9(14)10(15)16/h9H,2-8H2,1H3,(H,13,17)(H,15,16)/t9-,12?/m1/s1. The molecule has 2 rings (SSSR count). The molecule has 0 aromatic carbocycles. The average molecular weight is 272 g/mol. The van der Waals surface area contributed by atoms with E-state index in [9.17, 15) is 9.59 Å². The topological polar surface area (TPSA) is 69.6 Å². The van der Waals surface area contributed by atoms with Gasteiger partial charge in [0.25, 0.3) is 0 Å². The first kappa shape index (κ1) is 13.5. The zero-order chi connectivity index (χ0) is 13.2. The van der Waals surface area contributed by atoms with Crippen LogP contribution in [0.25, 0.3) is 0 Å². The Morgan fingerprint density at radius 1 is 1.50 bits per heavy atom. The molecule has 2 saturated heterocycles. The van der Waals surface area contributed by atoms with Crippen LogP contribution in [0.5, 0.6) is 0 Å². The highest BCUT2D eigenvalue weighted by atomic mass is 32.2. The third-order valence-corrected chi connectivity index (χ3v) is 5.25. The van der Waals surface area contributed by atoms with Crippen molar-refractivity contribution in [2.24, 2.45) is 0 Å². The van der Waals surface area contributed by atoms with Crippen molar-refractivity contribution in [2.45, 2.75) is 43.4 Å². The number of amides is 2. The quantitative estimate of drug-likeness (QED) is 0.817. The van der Waals surface area contributed by atoms with Gasteiger partial charge in [-0.15, -0.1) is 0 Å². The molecule has 102 valence electrons. The lowest BCUT2D eigenvalue weighted by molar-refractivity contribution is -0.141. The maximum atomic E-state index is 12.0. The van der Waals surface area contributed by atoms with Crippen LogP contribution in [0, 0.1) is 0 Å². The van der Waals surface area contributed by atoms with Crippen molar-refractivity contribution < 1.29 is 14.7 Å². The van der Waals surface area contributed by atoms with E-state index in [1.807, 2.05) is 11.8 Å². The van der Waals surface area contributed by atoms with Crippen molar-refractivity contribution in [3.05, 3.63) is 0 Å². The van der Waals surface area contributed by atoms with Gasteiger partial charge in [-0.25, -0.2) is 9.59 Å². The van der Waals surface area contributed by atoms with Crippen molar-refractivity contribution in [3.8, 4) is 0 Å². The van der Waals surface area contributed by atoms with Gasteiger partial charge in [-0.05, 0) is 38.4 Å². The highest BCUT2D eigenvalue weighted by Crippen LogP contribution is 2.37. The monoisotopic (exact) mass is 272 g/mol. The summed E-state index contributed by atoms with van der Waals surface area (Å²) in [5.74, 6) is 0.248. The fourth-order valence-electron chi connectivity index (χ4n) is 2.61. The summed E-state index contributed by atoms with van der Waals surface area (Å²) in [6.07, 6.45) is 3.64. The normalized spacial score (nSPS) is 31.6. The molecule has 2 fully saturated rings. The fourth-order valence-corrected chi connectivity index (χ4v) is 3.85. The molecule has 0 spiro atoms. The van der Waals surface area contributed by atoms with E-state index in [1.54, 1.807) is 0 Å². The van der Waals surface area contributed by atoms with E-state index in [-0.39, 0.29) is 10.8 Å². The van der Waals surface area contributed by atoms with Crippen LogP contribution in [0.15, 0.2) is 0 Å². The molecular weight excluding hydrogens is 252 g/mol. The molecule has 6 heteroatoms. The Bertz CT molecular complexity index is 342. The second kappa shape index (κ2) is 5.38. The molecule has 0 saturated carbocycles. The van der Waals surface area contributed by atoms with E-state index in [2.05, 4.69) is 12.2 Å². The Hall–Kier alpha value is -0.910. The second-order valence-corrected chi connectivity index (χ2v) is 6.93. The minimum absolute atomic E-state index is 0.119. The predicted octanol–water partition coefficient (Wildman–Crippen LogP) is 1.53. The van der Waals surface area contributed by atoms with Crippen LogP contribution in [0.3, 0.4) is 0 Å². The molecule has 2 aliphatic rings. The number of urea groups is 1. The number of aliphatic carboxylic acids is 1. The maximum Gasteiger partial charge on any atom is 0.326 e. The van der Waals surface area contributed by atoms with Gasteiger partial charge in [0.15, 0.2) is 0 Å². The molecule has 2 heterocycles. The summed E-state index contributed by atoms with van der Waals surface area (Å²) < 4.78 is 0.119. The van der Waals surface area contributed by atoms with Gasteiger partial charge in [0, 0.05) is 17.8 Å². The van der Waals surface area contributed by atoms with Crippen LogP contribution < -0.4 is 5.32 Å². The summed E-state index contributed by atoms with van der Waals surface area (Å²) in [5, 5.41) is 11.9. The summed E-state index contributed by atoms with van der Waals surface area (Å²) >= 11 is 1.89. The molecule has 5 nitrogen and oxygen atoms in total. The zero-order valence-electron chi connectivity index (χ0n) is 10.6. The first-order valence-corrected chi connectivity index (χ1v) is 7.42. The summed E-state index contributed by atoms with van der Waals surface area (Å²) in [5.41, 5.74) is 0. The molecule has 0 radical (unpaired) electrons. The molecule has 2 aliphatic heterocycles. The Kier molecular flexibility index (Phi) is 4.04. The number of likely N-dealkylation sites (tertiary alicyclic amines) is 1. The smallest absolute Gasteiger partial charge is 0.326 e. The molecule has 18 heavy (non-hydrogen) atoms. The van der Waals surface area contributed by atoms with Crippen LogP contribution in [-0.4, -0.2) is 51.6 Å². The summed E-state index contributed by atoms with van der Waals surface area (Å²) in [7, 11) is 0. The first-order chi connectivity index (χ1) is 8.52. The molecule has 2 N–H and O–H groups in total. The van der Waals surface area contributed by atoms with E-state index in [1.165, 1.54) is 11.3 Å². The molecule has 1 unspecified atom stereocenters. The van der Waals surface area contributed by atoms with E-state index in [0.29, 0.717) is 19.5 Å². The van der Waals surface area contributed by atoms with Crippen LogP contribution in [0.1, 0.15) is 32.6 Å². The number of rotatable bonds is 3. The van der Waals surface area contributed by atoms with Gasteiger partial charge < -0.3 is 15.3 Å². The Labute approximate surface area is 111 Å². The Morgan fingerprint density at radius 2 is 2.28 bits per heavy atom. The highest BCUT2D eigenvalue weighted by Gasteiger charge is 2.35. The number of carbonyl (C=O) groups is 2. The van der Waals surface area contributed by atoms with Crippen LogP contribution >= 0.6 is 11.8 Å². The molecule has 0 bridgehead atoms. The van der Waals surface area contributed by atoms with Gasteiger partial charge in [0.1, 0.15) is 6.04 Å². The largest absolute Gasteiger partial charge is 0.480 e.